The molecule has 0 bridgehead atoms. The van der Waals surface area contributed by atoms with Gasteiger partial charge in [0.2, 0.25) is 5.78 Å². The predicted molar refractivity (Wildman–Crippen MR) is 133 cm³/mol. The van der Waals surface area contributed by atoms with Gasteiger partial charge in [-0.1, -0.05) is 0 Å². The van der Waals surface area contributed by atoms with Crippen molar-refractivity contribution in [3.8, 4) is 0 Å². The van der Waals surface area contributed by atoms with Crippen molar-refractivity contribution in [2.24, 2.45) is 0 Å². The lowest BCUT2D eigenvalue weighted by Gasteiger charge is -2.29. The Morgan fingerprint density at radius 2 is 2.00 bits per heavy atom. The molecule has 9 nitrogen and oxygen atoms in total. The molecule has 1 aromatic carbocycles. The number of carbonyl (C=O) groups is 2. The van der Waals surface area contributed by atoms with E-state index in [1.54, 1.807) is 20.8 Å². The molecule has 198 valence electrons. The third-order valence-corrected chi connectivity index (χ3v) is 6.62. The number of fused-ring (bicyclic) bond motifs is 1. The number of anilines is 1. The van der Waals surface area contributed by atoms with Gasteiger partial charge in [-0.05, 0) is 61.3 Å². The predicted octanol–water partition coefficient (Wildman–Crippen LogP) is 4.99. The maximum Gasteiger partial charge on any atom is 0.420 e. The van der Waals surface area contributed by atoms with Crippen molar-refractivity contribution in [1.82, 2.24) is 14.6 Å². The smallest absolute Gasteiger partial charge is 0.420 e. The first kappa shape index (κ1) is 27.2. The number of nitrogens with zero attached hydrogens (tertiary/aromatic N) is 4. The fourth-order valence-corrected chi connectivity index (χ4v) is 4.93. The van der Waals surface area contributed by atoms with E-state index in [-0.39, 0.29) is 36.1 Å². The zero-order valence-corrected chi connectivity index (χ0v) is 22.3. The molecule has 0 saturated carbocycles. The number of aromatic nitrogens is 2. The number of carbonyl (C=O) groups excluding carboxylic acids is 2. The Labute approximate surface area is 220 Å². The first-order valence-electron chi connectivity index (χ1n) is 11.0. The first-order chi connectivity index (χ1) is 17.3. The normalized spacial score (nSPS) is 17.2. The number of hydrogen-bond acceptors (Lipinski definition) is 6. The molecule has 1 saturated heterocycles. The third kappa shape index (κ3) is 5.42. The van der Waals surface area contributed by atoms with Crippen molar-refractivity contribution in [1.29, 1.82) is 0 Å². The molecule has 1 aliphatic heterocycles. The zero-order chi connectivity index (χ0) is 27.2. The molecule has 1 N–H and O–H groups in total. The van der Waals surface area contributed by atoms with Gasteiger partial charge in [0.05, 0.1) is 17.7 Å². The lowest BCUT2D eigenvalue weighted by Crippen LogP contribution is -2.43. The molecule has 37 heavy (non-hydrogen) atoms. The maximum atomic E-state index is 15.7. The summed E-state index contributed by atoms with van der Waals surface area (Å²) >= 11 is 0.391. The second-order valence-corrected chi connectivity index (χ2v) is 11.0. The molecule has 0 aliphatic carbocycles. The minimum Gasteiger partial charge on any atom is -0.443 e. The van der Waals surface area contributed by atoms with Crippen LogP contribution in [0.25, 0.3) is 11.0 Å². The highest BCUT2D eigenvalue weighted by molar-refractivity contribution is 9.10. The lowest BCUT2D eigenvalue weighted by atomic mass is 10.0. The molecule has 0 radical (unpaired) electrons. The van der Waals surface area contributed by atoms with E-state index >= 15 is 4.39 Å². The van der Waals surface area contributed by atoms with Gasteiger partial charge in [0, 0.05) is 28.8 Å². The molecule has 1 fully saturated rings. The number of halogens is 4. The van der Waals surface area contributed by atoms with Gasteiger partial charge in [-0.25, -0.2) is 36.7 Å². The average molecular weight is 603 g/mol. The molecule has 3 aromatic rings. The number of benzene rings is 1. The van der Waals surface area contributed by atoms with Crippen molar-refractivity contribution >= 4 is 55.8 Å². The van der Waals surface area contributed by atoms with Crippen molar-refractivity contribution in [2.75, 3.05) is 17.5 Å². The summed E-state index contributed by atoms with van der Waals surface area (Å²) in [6.07, 6.45) is 0.330. The second-order valence-electron chi connectivity index (χ2n) is 9.30. The van der Waals surface area contributed by atoms with Crippen LogP contribution in [-0.4, -0.2) is 60.1 Å². The summed E-state index contributed by atoms with van der Waals surface area (Å²) in [5.74, 6) is -3.80. The number of ether oxygens (including phenoxy) is 1. The lowest BCUT2D eigenvalue weighted by molar-refractivity contribution is 0.0543. The monoisotopic (exact) mass is 602 g/mol. The van der Waals surface area contributed by atoms with E-state index in [0.717, 1.165) is 27.9 Å². The molecule has 1 unspecified atom stereocenters. The Morgan fingerprint density at radius 3 is 2.59 bits per heavy atom. The number of alkyl halides is 1. The summed E-state index contributed by atoms with van der Waals surface area (Å²) in [7, 11) is 0. The van der Waals surface area contributed by atoms with E-state index in [0.29, 0.717) is 8.89 Å². The van der Waals surface area contributed by atoms with Gasteiger partial charge in [-0.3, -0.25) is 9.35 Å². The third-order valence-electron chi connectivity index (χ3n) is 5.46. The topological polar surface area (TPSA) is 105 Å². The minimum absolute atomic E-state index is 0.0106. The summed E-state index contributed by atoms with van der Waals surface area (Å²) in [5.41, 5.74) is -2.73. The molecule has 0 amide bonds. The van der Waals surface area contributed by atoms with Gasteiger partial charge in [-0.15, -0.1) is 0 Å². The van der Waals surface area contributed by atoms with Crippen molar-refractivity contribution < 1.29 is 36.3 Å². The number of rotatable bonds is 5. The van der Waals surface area contributed by atoms with E-state index in [1.165, 1.54) is 12.3 Å². The summed E-state index contributed by atoms with van der Waals surface area (Å²) in [5, 5.41) is 1.22. The van der Waals surface area contributed by atoms with Crippen LogP contribution >= 0.6 is 15.9 Å². The minimum atomic E-state index is -2.84. The molecular weight excluding hydrogens is 581 g/mol. The molecular formula is C23H22BrF3N4O5S. The van der Waals surface area contributed by atoms with Crippen LogP contribution in [0, 0.1) is 11.6 Å². The fraction of sp³-hybridized carbons (Fsp3) is 0.348. The quantitative estimate of drug-likeness (QED) is 0.324. The average Bonchev–Trinajstić information content (AvgIpc) is 3.37. The van der Waals surface area contributed by atoms with Crippen LogP contribution < -0.4 is 4.41 Å². The van der Waals surface area contributed by atoms with Crippen LogP contribution in [0.1, 0.15) is 43.1 Å². The summed E-state index contributed by atoms with van der Waals surface area (Å²) < 4.78 is 73.6. The number of hydrazine groups is 1. The Kier molecular flexibility index (Phi) is 7.48. The summed E-state index contributed by atoms with van der Waals surface area (Å²) in [6.45, 7) is 4.66. The molecule has 2 aromatic heterocycles. The zero-order valence-electron chi connectivity index (χ0n) is 19.9. The SMILES string of the molecule is CC(C)(C)OC(=O)n1cc(C(=O)c2c(F)ccc(N(N3CC[C@@H](F)C3)S(=O)O)c2F)c2cc(Br)cnc21. The van der Waals surface area contributed by atoms with E-state index in [9.17, 15) is 27.1 Å². The summed E-state index contributed by atoms with van der Waals surface area (Å²) in [4.78, 5) is 30.5. The molecule has 4 rings (SSSR count). The van der Waals surface area contributed by atoms with Gasteiger partial charge in [0.15, 0.2) is 5.82 Å². The van der Waals surface area contributed by atoms with Crippen LogP contribution in [0.4, 0.5) is 23.7 Å². The number of pyridine rings is 1. The molecule has 2 atom stereocenters. The van der Waals surface area contributed by atoms with Gasteiger partial charge < -0.3 is 4.74 Å². The van der Waals surface area contributed by atoms with Crippen molar-refractivity contribution in [3.63, 3.8) is 0 Å². The van der Waals surface area contributed by atoms with Gasteiger partial charge in [0.1, 0.15) is 28.9 Å². The fourth-order valence-electron chi connectivity index (χ4n) is 3.95. The van der Waals surface area contributed by atoms with Crippen LogP contribution in [0.3, 0.4) is 0 Å². The largest absolute Gasteiger partial charge is 0.443 e. The van der Waals surface area contributed by atoms with Crippen LogP contribution in [0.5, 0.6) is 0 Å². The Balaban J connectivity index is 1.85. The van der Waals surface area contributed by atoms with Gasteiger partial charge in [-0.2, -0.15) is 4.41 Å². The standard InChI is InChI=1S/C23H22BrF3N4O5S/c1-23(2,3)36-22(33)30-11-15(14-8-12(24)9-28-21(14)30)20(32)18-16(26)4-5-17(19(18)27)31(37(34)35)29-7-6-13(25)10-29/h4-5,8-9,11,13H,6-7,10H2,1-3H3,(H,34,35)/t13-/m1/s1. The highest BCUT2D eigenvalue weighted by Gasteiger charge is 2.35. The summed E-state index contributed by atoms with van der Waals surface area (Å²) in [6, 6.07) is 3.12. The van der Waals surface area contributed by atoms with Crippen LogP contribution in [0.15, 0.2) is 35.1 Å². The van der Waals surface area contributed by atoms with E-state index < -0.39 is 57.8 Å². The van der Waals surface area contributed by atoms with Gasteiger partial charge >= 0.3 is 6.09 Å². The number of ketones is 1. The van der Waals surface area contributed by atoms with Crippen molar-refractivity contribution in [3.05, 3.63) is 57.8 Å². The Hall–Kier alpha value is -2.81. The van der Waals surface area contributed by atoms with Crippen LogP contribution in [0.2, 0.25) is 0 Å². The van der Waals surface area contributed by atoms with Crippen molar-refractivity contribution in [2.45, 2.75) is 39.0 Å². The Bertz CT molecular complexity index is 1430. The van der Waals surface area contributed by atoms with E-state index in [2.05, 4.69) is 20.9 Å². The highest BCUT2D eigenvalue weighted by atomic mass is 79.9. The molecule has 1 aliphatic rings. The van der Waals surface area contributed by atoms with E-state index in [4.69, 9.17) is 4.74 Å². The van der Waals surface area contributed by atoms with E-state index in [1.807, 2.05) is 0 Å². The molecule has 0 spiro atoms. The molecule has 14 heteroatoms. The highest BCUT2D eigenvalue weighted by Crippen LogP contribution is 2.33. The van der Waals surface area contributed by atoms with Crippen LogP contribution in [-0.2, 0) is 16.0 Å². The maximum absolute atomic E-state index is 15.7. The number of hydrogen-bond donors (Lipinski definition) is 1. The van der Waals surface area contributed by atoms with Gasteiger partial charge in [0.25, 0.3) is 11.3 Å². The molecule has 3 heterocycles. The first-order valence-corrected chi connectivity index (χ1v) is 12.9. The Morgan fingerprint density at radius 1 is 1.30 bits per heavy atom. The second kappa shape index (κ2) is 10.2.